The fraction of sp³-hybridized carbons (Fsp3) is 0.200. The third-order valence-corrected chi connectivity index (χ3v) is 4.94. The van der Waals surface area contributed by atoms with Crippen molar-refractivity contribution >= 4 is 16.7 Å². The number of phenolic OH excluding ortho intramolecular Hbond substituents is 1. The van der Waals surface area contributed by atoms with Crippen molar-refractivity contribution in [1.29, 1.82) is 0 Å². The molecule has 2 heterocycles. The molecule has 3 N–H and O–H groups in total. The van der Waals surface area contributed by atoms with Gasteiger partial charge in [0.05, 0.1) is 17.5 Å². The number of aromatic amines is 1. The molecule has 1 atom stereocenters. The van der Waals surface area contributed by atoms with Gasteiger partial charge in [0.1, 0.15) is 11.6 Å². The first kappa shape index (κ1) is 19.7. The molecule has 0 saturated carbocycles. The molecule has 30 heavy (non-hydrogen) atoms. The van der Waals surface area contributed by atoms with Gasteiger partial charge in [0.25, 0.3) is 5.52 Å². The number of nitrogens with one attached hydrogen (secondary N) is 2. The van der Waals surface area contributed by atoms with Crippen LogP contribution in [0.15, 0.2) is 73.1 Å². The standard InChI is InChI=1S/C25H25N3O2/c1-16(2)30-20-9-6-19(7-10-20)23(28-22-15-17(3)12-14-26-22)21-11-8-18-5-4-13-27-24(18)25(21)29/h4-16,23,29H,1-3H3,(H,26,28)/p+1. The summed E-state index contributed by atoms with van der Waals surface area (Å²) in [5.41, 5.74) is 3.59. The normalized spacial score (nSPS) is 12.1. The van der Waals surface area contributed by atoms with Gasteiger partial charge < -0.3 is 15.2 Å². The highest BCUT2D eigenvalue weighted by molar-refractivity contribution is 5.83. The molecule has 2 aromatic carbocycles. The molecule has 0 aliphatic heterocycles. The molecular formula is C25H26N3O2+. The highest BCUT2D eigenvalue weighted by atomic mass is 16.5. The highest BCUT2D eigenvalue weighted by Gasteiger charge is 2.22. The van der Waals surface area contributed by atoms with E-state index in [-0.39, 0.29) is 17.9 Å². The summed E-state index contributed by atoms with van der Waals surface area (Å²) in [6.07, 6.45) is 3.71. The first-order valence-corrected chi connectivity index (χ1v) is 10.1. The van der Waals surface area contributed by atoms with Crippen LogP contribution < -0.4 is 15.0 Å². The number of hydrogen-bond donors (Lipinski definition) is 2. The second kappa shape index (κ2) is 8.41. The molecular weight excluding hydrogens is 374 g/mol. The summed E-state index contributed by atoms with van der Waals surface area (Å²) in [5, 5.41) is 15.5. The lowest BCUT2D eigenvalue weighted by Gasteiger charge is -2.22. The maximum atomic E-state index is 11.1. The third-order valence-electron chi connectivity index (χ3n) is 4.94. The van der Waals surface area contributed by atoms with E-state index in [0.717, 1.165) is 33.6 Å². The molecule has 1 unspecified atom stereocenters. The average molecular weight is 401 g/mol. The number of hydrogen-bond acceptors (Lipinski definition) is 4. The Bertz CT molecular complexity index is 1160. The van der Waals surface area contributed by atoms with Crippen LogP contribution in [0.4, 0.5) is 5.82 Å². The Morgan fingerprint density at radius 2 is 1.83 bits per heavy atom. The lowest BCUT2D eigenvalue weighted by atomic mass is 9.96. The second-order valence-corrected chi connectivity index (χ2v) is 7.67. The van der Waals surface area contributed by atoms with E-state index in [2.05, 4.69) is 15.3 Å². The zero-order valence-corrected chi connectivity index (χ0v) is 17.4. The van der Waals surface area contributed by atoms with Crippen molar-refractivity contribution in [2.24, 2.45) is 0 Å². The fourth-order valence-electron chi connectivity index (χ4n) is 3.54. The van der Waals surface area contributed by atoms with Crippen molar-refractivity contribution in [3.63, 3.8) is 0 Å². The van der Waals surface area contributed by atoms with Crippen LogP contribution in [0.25, 0.3) is 10.9 Å². The Balaban J connectivity index is 1.78. The Morgan fingerprint density at radius 3 is 2.57 bits per heavy atom. The van der Waals surface area contributed by atoms with Gasteiger partial charge in [-0.1, -0.05) is 18.2 Å². The number of aromatic hydroxyl groups is 1. The Morgan fingerprint density at radius 1 is 1.03 bits per heavy atom. The number of anilines is 1. The van der Waals surface area contributed by atoms with E-state index in [9.17, 15) is 5.11 Å². The van der Waals surface area contributed by atoms with Crippen molar-refractivity contribution in [2.75, 3.05) is 5.32 Å². The number of aromatic nitrogens is 2. The number of benzene rings is 2. The van der Waals surface area contributed by atoms with Gasteiger partial charge in [-0.25, -0.2) is 9.97 Å². The monoisotopic (exact) mass is 400 g/mol. The maximum Gasteiger partial charge on any atom is 0.253 e. The second-order valence-electron chi connectivity index (χ2n) is 7.67. The lowest BCUT2D eigenvalue weighted by molar-refractivity contribution is -0.345. The predicted molar refractivity (Wildman–Crippen MR) is 119 cm³/mol. The fourth-order valence-corrected chi connectivity index (χ4v) is 3.54. The first-order valence-electron chi connectivity index (χ1n) is 10.1. The molecule has 4 aromatic rings. The van der Waals surface area contributed by atoms with Crippen LogP contribution in [0.5, 0.6) is 11.5 Å². The Labute approximate surface area is 176 Å². The predicted octanol–water partition coefficient (Wildman–Crippen LogP) is 5.05. The summed E-state index contributed by atoms with van der Waals surface area (Å²) >= 11 is 0. The zero-order chi connectivity index (χ0) is 21.1. The third kappa shape index (κ3) is 4.20. The molecule has 0 radical (unpaired) electrons. The summed E-state index contributed by atoms with van der Waals surface area (Å²) in [7, 11) is 0. The molecule has 0 fully saturated rings. The molecule has 0 amide bonds. The zero-order valence-electron chi connectivity index (χ0n) is 17.4. The topological polar surface area (TPSA) is 68.5 Å². The van der Waals surface area contributed by atoms with Gasteiger partial charge in [-0.15, -0.1) is 0 Å². The molecule has 0 bridgehead atoms. The quantitative estimate of drug-likeness (QED) is 0.475. The first-order chi connectivity index (χ1) is 14.5. The van der Waals surface area contributed by atoms with Gasteiger partial charge in [-0.3, -0.25) is 0 Å². The van der Waals surface area contributed by atoms with Gasteiger partial charge in [0.15, 0.2) is 11.9 Å². The molecule has 5 nitrogen and oxygen atoms in total. The molecule has 5 heteroatoms. The van der Waals surface area contributed by atoms with Gasteiger partial charge >= 0.3 is 0 Å². The van der Waals surface area contributed by atoms with Gasteiger partial charge in [-0.2, -0.15) is 0 Å². The number of phenols is 1. The number of rotatable bonds is 6. The minimum absolute atomic E-state index is 0.112. The smallest absolute Gasteiger partial charge is 0.253 e. The number of fused-ring (bicyclic) bond motifs is 1. The molecule has 4 rings (SSSR count). The minimum Gasteiger partial charge on any atom is -0.502 e. The molecule has 0 spiro atoms. The van der Waals surface area contributed by atoms with Crippen molar-refractivity contribution in [3.05, 3.63) is 89.7 Å². The van der Waals surface area contributed by atoms with Gasteiger partial charge in [-0.05, 0) is 68.3 Å². The van der Waals surface area contributed by atoms with Crippen LogP contribution in [-0.2, 0) is 0 Å². The minimum atomic E-state index is -0.287. The van der Waals surface area contributed by atoms with Gasteiger partial charge in [0, 0.05) is 17.8 Å². The van der Waals surface area contributed by atoms with Crippen molar-refractivity contribution in [1.82, 2.24) is 4.98 Å². The Hall–Kier alpha value is -3.60. The SMILES string of the molecule is Cc1ccnc(NC(c2ccc(OC(C)C)cc2)c2ccc3ccc[nH+]c3c2O)c1. The van der Waals surface area contributed by atoms with Crippen LogP contribution >= 0.6 is 0 Å². The largest absolute Gasteiger partial charge is 0.502 e. The maximum absolute atomic E-state index is 11.1. The molecule has 2 aromatic heterocycles. The molecule has 0 aliphatic rings. The molecule has 152 valence electrons. The molecule has 0 aliphatic carbocycles. The number of aryl methyl sites for hydroxylation is 1. The van der Waals surface area contributed by atoms with E-state index in [0.29, 0.717) is 5.52 Å². The lowest BCUT2D eigenvalue weighted by Crippen LogP contribution is -2.15. The summed E-state index contributed by atoms with van der Waals surface area (Å²) < 4.78 is 5.78. The summed E-state index contributed by atoms with van der Waals surface area (Å²) in [4.78, 5) is 7.61. The van der Waals surface area contributed by atoms with Crippen LogP contribution in [0, 0.1) is 6.92 Å². The van der Waals surface area contributed by atoms with Crippen LogP contribution in [0.3, 0.4) is 0 Å². The van der Waals surface area contributed by atoms with Crippen LogP contribution in [0.1, 0.15) is 36.6 Å². The number of nitrogens with zero attached hydrogens (tertiary/aromatic N) is 1. The van der Waals surface area contributed by atoms with E-state index in [1.807, 2.05) is 87.6 Å². The van der Waals surface area contributed by atoms with Crippen molar-refractivity contribution < 1.29 is 14.8 Å². The summed E-state index contributed by atoms with van der Waals surface area (Å²) in [5.74, 6) is 1.79. The molecule has 0 saturated heterocycles. The number of ether oxygens (including phenoxy) is 1. The van der Waals surface area contributed by atoms with Crippen LogP contribution in [-0.4, -0.2) is 16.2 Å². The van der Waals surface area contributed by atoms with E-state index in [4.69, 9.17) is 4.74 Å². The number of H-pyrrole nitrogens is 1. The van der Waals surface area contributed by atoms with E-state index in [1.54, 1.807) is 6.20 Å². The Kier molecular flexibility index (Phi) is 5.53. The summed E-state index contributed by atoms with van der Waals surface area (Å²) in [6.45, 7) is 6.04. The van der Waals surface area contributed by atoms with Crippen LogP contribution in [0.2, 0.25) is 0 Å². The number of pyridine rings is 2. The van der Waals surface area contributed by atoms with E-state index in [1.165, 1.54) is 0 Å². The van der Waals surface area contributed by atoms with Gasteiger partial charge in [0.2, 0.25) is 0 Å². The summed E-state index contributed by atoms with van der Waals surface area (Å²) in [6, 6.07) is 19.5. The average Bonchev–Trinajstić information content (AvgIpc) is 2.73. The van der Waals surface area contributed by atoms with E-state index >= 15 is 0 Å². The van der Waals surface area contributed by atoms with Crippen molar-refractivity contribution in [2.45, 2.75) is 32.9 Å². The van der Waals surface area contributed by atoms with Crippen molar-refractivity contribution in [3.8, 4) is 11.5 Å². The highest BCUT2D eigenvalue weighted by Crippen LogP contribution is 2.36. The van der Waals surface area contributed by atoms with E-state index < -0.39 is 0 Å².